The Kier molecular flexibility index (Phi) is 18.1. The molecule has 0 aromatic carbocycles. The normalized spacial score (nSPS) is 14.0. The molecular formula is C30H49NO2. The van der Waals surface area contributed by atoms with Gasteiger partial charge >= 0.3 is 0 Å². The highest BCUT2D eigenvalue weighted by Crippen LogP contribution is 2.14. The molecule has 0 aliphatic rings. The maximum Gasteiger partial charge on any atom is 0.224 e. The Balaban J connectivity index is 4.11. The van der Waals surface area contributed by atoms with E-state index < -0.39 is 0 Å². The van der Waals surface area contributed by atoms with Gasteiger partial charge in [-0.2, -0.15) is 0 Å². The Labute approximate surface area is 204 Å². The molecule has 0 saturated heterocycles. The molecule has 3 heteroatoms. The fourth-order valence-corrected chi connectivity index (χ4v) is 3.56. The molecule has 3 nitrogen and oxygen atoms in total. The van der Waals surface area contributed by atoms with E-state index in [-0.39, 0.29) is 11.5 Å². The minimum absolute atomic E-state index is 0.0466. The molecule has 0 bridgehead atoms. The van der Waals surface area contributed by atoms with Gasteiger partial charge in [-0.3, -0.25) is 10.1 Å². The number of nitrogens with zero attached hydrogens (tertiary/aromatic N) is 1. The lowest BCUT2D eigenvalue weighted by molar-refractivity contribution is -0.470. The summed E-state index contributed by atoms with van der Waals surface area (Å²) in [5, 5.41) is 10.5. The van der Waals surface area contributed by atoms with Crippen LogP contribution in [0.2, 0.25) is 0 Å². The Morgan fingerprint density at radius 1 is 0.515 bits per heavy atom. The molecule has 0 unspecified atom stereocenters. The summed E-state index contributed by atoms with van der Waals surface area (Å²) in [6.07, 6.45) is 24.7. The number of hydrogen-bond donors (Lipinski definition) is 0. The molecule has 0 rings (SSSR count). The van der Waals surface area contributed by atoms with Crippen molar-refractivity contribution in [1.29, 1.82) is 0 Å². The van der Waals surface area contributed by atoms with Crippen LogP contribution >= 0.6 is 0 Å². The van der Waals surface area contributed by atoms with Crippen LogP contribution in [-0.4, -0.2) is 11.5 Å². The molecule has 0 aromatic rings. The average molecular weight is 456 g/mol. The van der Waals surface area contributed by atoms with Gasteiger partial charge in [0, 0.05) is 4.92 Å². The third-order valence-corrected chi connectivity index (χ3v) is 5.72. The predicted molar refractivity (Wildman–Crippen MR) is 146 cm³/mol. The van der Waals surface area contributed by atoms with Crippen LogP contribution in [0.5, 0.6) is 0 Å². The van der Waals surface area contributed by atoms with Crippen molar-refractivity contribution in [2.75, 3.05) is 6.54 Å². The second-order valence-corrected chi connectivity index (χ2v) is 9.76. The summed E-state index contributed by atoms with van der Waals surface area (Å²) in [4.78, 5) is 10.2. The third-order valence-electron chi connectivity index (χ3n) is 5.72. The first-order chi connectivity index (χ1) is 15.6. The standard InChI is InChI=1S/C30H49NO2/c1-25(2)14-10-17-28(5)20-11-18-26(3)15-8-9-16-27(4)19-12-21-29(6)22-13-23-30(7)24-31(32)33/h14-16,20-21,23H,8-13,17-19,22,24H2,1-7H3/b26-15+,27-16+,28-20+,29-21+,30-23?. The van der Waals surface area contributed by atoms with Crippen molar-refractivity contribution in [3.05, 3.63) is 80.0 Å². The molecule has 0 aliphatic heterocycles. The number of nitro groups is 1. The number of hydrogen-bond acceptors (Lipinski definition) is 2. The van der Waals surface area contributed by atoms with E-state index in [2.05, 4.69) is 71.9 Å². The van der Waals surface area contributed by atoms with Crippen molar-refractivity contribution >= 4 is 0 Å². The highest BCUT2D eigenvalue weighted by molar-refractivity contribution is 5.08. The van der Waals surface area contributed by atoms with Gasteiger partial charge in [-0.25, -0.2) is 0 Å². The second kappa shape index (κ2) is 19.3. The highest BCUT2D eigenvalue weighted by atomic mass is 16.6. The predicted octanol–water partition coefficient (Wildman–Crippen LogP) is 9.86. The van der Waals surface area contributed by atoms with E-state index in [0.717, 1.165) is 63.4 Å². The highest BCUT2D eigenvalue weighted by Gasteiger charge is 1.98. The number of unbranched alkanes of at least 4 members (excludes halogenated alkanes) is 1. The van der Waals surface area contributed by atoms with Crippen LogP contribution in [0.4, 0.5) is 0 Å². The van der Waals surface area contributed by atoms with Gasteiger partial charge in [-0.05, 0) is 118 Å². The topological polar surface area (TPSA) is 43.1 Å². The lowest BCUT2D eigenvalue weighted by Gasteiger charge is -2.03. The van der Waals surface area contributed by atoms with Gasteiger partial charge in [0.2, 0.25) is 6.54 Å². The quantitative estimate of drug-likeness (QED) is 0.0947. The molecule has 186 valence electrons. The zero-order chi connectivity index (χ0) is 25.1. The summed E-state index contributed by atoms with van der Waals surface area (Å²) in [5.41, 5.74) is 8.08. The fourth-order valence-electron chi connectivity index (χ4n) is 3.56. The van der Waals surface area contributed by atoms with Crippen molar-refractivity contribution in [1.82, 2.24) is 0 Å². The Morgan fingerprint density at radius 2 is 0.818 bits per heavy atom. The zero-order valence-electron chi connectivity index (χ0n) is 22.5. The maximum atomic E-state index is 10.5. The van der Waals surface area contributed by atoms with E-state index >= 15 is 0 Å². The largest absolute Gasteiger partial charge is 0.264 e. The van der Waals surface area contributed by atoms with E-state index in [1.165, 1.54) is 34.3 Å². The summed E-state index contributed by atoms with van der Waals surface area (Å²) >= 11 is 0. The molecule has 0 heterocycles. The van der Waals surface area contributed by atoms with Gasteiger partial charge < -0.3 is 0 Å². The lowest BCUT2D eigenvalue weighted by atomic mass is 10.0. The number of rotatable bonds is 17. The van der Waals surface area contributed by atoms with Crippen molar-refractivity contribution in [3.8, 4) is 0 Å². The van der Waals surface area contributed by atoms with Crippen molar-refractivity contribution in [3.63, 3.8) is 0 Å². The van der Waals surface area contributed by atoms with Crippen LogP contribution in [0.25, 0.3) is 0 Å². The van der Waals surface area contributed by atoms with Crippen LogP contribution in [0, 0.1) is 10.1 Å². The minimum Gasteiger partial charge on any atom is -0.264 e. The van der Waals surface area contributed by atoms with Crippen LogP contribution < -0.4 is 0 Å². The van der Waals surface area contributed by atoms with E-state index in [4.69, 9.17) is 0 Å². The van der Waals surface area contributed by atoms with E-state index in [1.807, 2.05) is 13.0 Å². The van der Waals surface area contributed by atoms with Gasteiger partial charge in [-0.15, -0.1) is 0 Å². The van der Waals surface area contributed by atoms with Crippen molar-refractivity contribution in [2.24, 2.45) is 0 Å². The molecule has 0 atom stereocenters. The van der Waals surface area contributed by atoms with Gasteiger partial charge in [0.15, 0.2) is 0 Å². The summed E-state index contributed by atoms with van der Waals surface area (Å²) in [6, 6.07) is 0. The van der Waals surface area contributed by atoms with Gasteiger partial charge in [0.25, 0.3) is 0 Å². The fraction of sp³-hybridized carbons (Fsp3) is 0.600. The first kappa shape index (κ1) is 30.8. The molecule has 0 aromatic heterocycles. The summed E-state index contributed by atoms with van der Waals surface area (Å²) in [5.74, 6) is 0. The maximum absolute atomic E-state index is 10.5. The Morgan fingerprint density at radius 3 is 1.15 bits per heavy atom. The molecule has 0 N–H and O–H groups in total. The SMILES string of the molecule is CC(C)=CCC/C(C)=C/CC/C(C)=C/CC/C=C(\C)CC/C=C(\C)CCC=C(C)C[N+](=O)[O-]. The van der Waals surface area contributed by atoms with Crippen LogP contribution in [0.15, 0.2) is 69.9 Å². The number of allylic oxidation sites excluding steroid dienone is 11. The van der Waals surface area contributed by atoms with Gasteiger partial charge in [0.1, 0.15) is 0 Å². The molecule has 0 amide bonds. The molecule has 33 heavy (non-hydrogen) atoms. The monoisotopic (exact) mass is 455 g/mol. The zero-order valence-corrected chi connectivity index (χ0v) is 22.5. The molecule has 0 saturated carbocycles. The first-order valence-corrected chi connectivity index (χ1v) is 12.6. The molecule has 0 radical (unpaired) electrons. The van der Waals surface area contributed by atoms with Gasteiger partial charge in [0.05, 0.1) is 0 Å². The van der Waals surface area contributed by atoms with Crippen molar-refractivity contribution in [2.45, 2.75) is 113 Å². The smallest absolute Gasteiger partial charge is 0.224 e. The van der Waals surface area contributed by atoms with Gasteiger partial charge in [-0.1, -0.05) is 64.3 Å². The third kappa shape index (κ3) is 21.4. The molecular weight excluding hydrogens is 406 g/mol. The molecule has 0 fully saturated rings. The minimum atomic E-state index is -0.270. The van der Waals surface area contributed by atoms with Crippen molar-refractivity contribution < 1.29 is 4.92 Å². The van der Waals surface area contributed by atoms with E-state index in [0.29, 0.717) is 0 Å². The van der Waals surface area contributed by atoms with E-state index in [9.17, 15) is 10.1 Å². The molecule has 0 aliphatic carbocycles. The molecule has 0 spiro atoms. The first-order valence-electron chi connectivity index (χ1n) is 12.6. The van der Waals surface area contributed by atoms with Crippen LogP contribution in [0.1, 0.15) is 113 Å². The van der Waals surface area contributed by atoms with Crippen LogP contribution in [0.3, 0.4) is 0 Å². The van der Waals surface area contributed by atoms with E-state index in [1.54, 1.807) is 0 Å². The second-order valence-electron chi connectivity index (χ2n) is 9.76. The van der Waals surface area contributed by atoms with Crippen LogP contribution in [-0.2, 0) is 0 Å². The average Bonchev–Trinajstić information content (AvgIpc) is 2.70. The summed E-state index contributed by atoms with van der Waals surface area (Å²) in [6.45, 7) is 15.0. The summed E-state index contributed by atoms with van der Waals surface area (Å²) in [7, 11) is 0. The lowest BCUT2D eigenvalue weighted by Crippen LogP contribution is -2.01. The Hall–Kier alpha value is -2.16. The Bertz CT molecular complexity index is 756. The summed E-state index contributed by atoms with van der Waals surface area (Å²) < 4.78 is 0.